The molecule has 1 fully saturated rings. The molecule has 0 aromatic heterocycles. The Labute approximate surface area is 153 Å². The molecule has 7 heteroatoms. The number of carbonyl (C=O) groups excluding carboxylic acids is 3. The number of rotatable bonds is 4. The largest absolute Gasteiger partial charge is 0.465 e. The lowest BCUT2D eigenvalue weighted by Crippen LogP contribution is -2.55. The van der Waals surface area contributed by atoms with Crippen LogP contribution in [0.25, 0.3) is 0 Å². The summed E-state index contributed by atoms with van der Waals surface area (Å²) in [4.78, 5) is 36.7. The van der Waals surface area contributed by atoms with Gasteiger partial charge in [0.2, 0.25) is 5.91 Å². The third kappa shape index (κ3) is 4.97. The second kappa shape index (κ2) is 8.21. The summed E-state index contributed by atoms with van der Waals surface area (Å²) >= 11 is 0. The summed E-state index contributed by atoms with van der Waals surface area (Å²) < 4.78 is 10.2. The maximum Gasteiger partial charge on any atom is 0.429 e. The van der Waals surface area contributed by atoms with Gasteiger partial charge in [-0.1, -0.05) is 18.2 Å². The summed E-state index contributed by atoms with van der Waals surface area (Å²) in [6, 6.07) is 7.09. The van der Waals surface area contributed by atoms with E-state index in [1.807, 2.05) is 12.1 Å². The molecule has 0 atom stereocenters. The second-order valence-corrected chi connectivity index (χ2v) is 7.12. The van der Waals surface area contributed by atoms with Crippen molar-refractivity contribution in [3.8, 4) is 0 Å². The minimum Gasteiger partial charge on any atom is -0.465 e. The Hall–Kier alpha value is -2.57. The van der Waals surface area contributed by atoms with Crippen molar-refractivity contribution < 1.29 is 23.9 Å². The van der Waals surface area contributed by atoms with Gasteiger partial charge in [0.05, 0.1) is 12.7 Å². The van der Waals surface area contributed by atoms with Crippen molar-refractivity contribution in [1.82, 2.24) is 10.0 Å². The van der Waals surface area contributed by atoms with E-state index in [0.717, 1.165) is 5.56 Å². The fourth-order valence-corrected chi connectivity index (χ4v) is 2.79. The smallest absolute Gasteiger partial charge is 0.429 e. The molecule has 2 rings (SSSR count). The van der Waals surface area contributed by atoms with Gasteiger partial charge in [-0.25, -0.2) is 19.6 Å². The van der Waals surface area contributed by atoms with Crippen LogP contribution in [0.4, 0.5) is 4.79 Å². The predicted molar refractivity (Wildman–Crippen MR) is 95.4 cm³/mol. The zero-order valence-electron chi connectivity index (χ0n) is 15.8. The van der Waals surface area contributed by atoms with Crippen LogP contribution in [-0.4, -0.2) is 53.8 Å². The Morgan fingerprint density at radius 1 is 1.19 bits per heavy atom. The molecule has 1 aliphatic rings. The normalized spacial score (nSPS) is 15.0. The van der Waals surface area contributed by atoms with Crippen LogP contribution in [0.5, 0.6) is 0 Å². The highest BCUT2D eigenvalue weighted by Crippen LogP contribution is 2.19. The molecule has 0 spiro atoms. The second-order valence-electron chi connectivity index (χ2n) is 7.12. The zero-order valence-corrected chi connectivity index (χ0v) is 15.8. The van der Waals surface area contributed by atoms with Gasteiger partial charge < -0.3 is 9.47 Å². The molecule has 0 unspecified atom stereocenters. The van der Waals surface area contributed by atoms with Crippen molar-refractivity contribution in [2.75, 3.05) is 20.2 Å². The minimum atomic E-state index is -0.638. The monoisotopic (exact) mass is 362 g/mol. The van der Waals surface area contributed by atoms with Crippen LogP contribution in [0.1, 0.15) is 49.5 Å². The third-order valence-corrected chi connectivity index (χ3v) is 3.96. The van der Waals surface area contributed by atoms with Gasteiger partial charge in [-0.15, -0.1) is 0 Å². The molecule has 0 aliphatic carbocycles. The number of hydrazine groups is 1. The quantitative estimate of drug-likeness (QED) is 0.770. The molecule has 142 valence electrons. The molecular formula is C19H26N2O5. The van der Waals surface area contributed by atoms with Crippen molar-refractivity contribution in [3.05, 3.63) is 35.4 Å². The summed E-state index contributed by atoms with van der Waals surface area (Å²) in [5, 5.41) is 2.78. The third-order valence-electron chi connectivity index (χ3n) is 3.96. The lowest BCUT2D eigenvalue weighted by atomic mass is 10.0. The maximum absolute atomic E-state index is 12.4. The predicted octanol–water partition coefficient (Wildman–Crippen LogP) is 2.79. The van der Waals surface area contributed by atoms with Crippen molar-refractivity contribution in [1.29, 1.82) is 0 Å². The molecule has 1 saturated heterocycles. The first-order valence-electron chi connectivity index (χ1n) is 8.70. The number of nitrogens with zero attached hydrogens (tertiary/aromatic N) is 2. The summed E-state index contributed by atoms with van der Waals surface area (Å²) in [5.74, 6) is -0.549. The average Bonchev–Trinajstić information content (AvgIpc) is 2.58. The number of methoxy groups -OCH3 is 1. The average molecular weight is 362 g/mol. The highest BCUT2D eigenvalue weighted by molar-refractivity contribution is 5.91. The van der Waals surface area contributed by atoms with Crippen LogP contribution in [0.15, 0.2) is 24.3 Å². The van der Waals surface area contributed by atoms with E-state index in [1.165, 1.54) is 17.1 Å². The lowest BCUT2D eigenvalue weighted by molar-refractivity contribution is -0.153. The number of benzene rings is 1. The van der Waals surface area contributed by atoms with Crippen LogP contribution in [-0.2, 0) is 20.7 Å². The molecule has 26 heavy (non-hydrogen) atoms. The van der Waals surface area contributed by atoms with Crippen LogP contribution in [0.2, 0.25) is 0 Å². The Kier molecular flexibility index (Phi) is 6.23. The summed E-state index contributed by atoms with van der Waals surface area (Å²) in [6.45, 7) is 6.07. The van der Waals surface area contributed by atoms with E-state index < -0.39 is 17.7 Å². The Balaban J connectivity index is 2.14. The molecule has 0 bridgehead atoms. The molecule has 1 aliphatic heterocycles. The van der Waals surface area contributed by atoms with Gasteiger partial charge >= 0.3 is 12.1 Å². The number of carbonyl (C=O) groups is 3. The van der Waals surface area contributed by atoms with Gasteiger partial charge in [0.15, 0.2) is 0 Å². The fraction of sp³-hybridized carbons (Fsp3) is 0.526. The molecule has 0 N–H and O–H groups in total. The molecule has 1 heterocycles. The zero-order chi connectivity index (χ0) is 19.3. The fourth-order valence-electron chi connectivity index (χ4n) is 2.79. The number of hydrogen-bond donors (Lipinski definition) is 0. The van der Waals surface area contributed by atoms with Gasteiger partial charge in [0.1, 0.15) is 5.60 Å². The Bertz CT molecular complexity index is 681. The van der Waals surface area contributed by atoms with E-state index in [4.69, 9.17) is 9.47 Å². The topological polar surface area (TPSA) is 76.2 Å². The van der Waals surface area contributed by atoms with E-state index in [-0.39, 0.29) is 12.5 Å². The van der Waals surface area contributed by atoms with E-state index in [0.29, 0.717) is 31.4 Å². The van der Waals surface area contributed by atoms with Gasteiger partial charge in [0, 0.05) is 19.5 Å². The Morgan fingerprint density at radius 3 is 2.54 bits per heavy atom. The Morgan fingerprint density at radius 2 is 1.88 bits per heavy atom. The van der Waals surface area contributed by atoms with Crippen molar-refractivity contribution in [2.24, 2.45) is 0 Å². The highest BCUT2D eigenvalue weighted by atomic mass is 16.6. The molecule has 1 aromatic carbocycles. The van der Waals surface area contributed by atoms with Crippen molar-refractivity contribution in [2.45, 2.75) is 45.6 Å². The first kappa shape index (κ1) is 19.8. The molecule has 2 amide bonds. The summed E-state index contributed by atoms with van der Waals surface area (Å²) in [5.41, 5.74) is 0.589. The van der Waals surface area contributed by atoms with Crippen LogP contribution < -0.4 is 0 Å². The molecule has 7 nitrogen and oxygen atoms in total. The first-order chi connectivity index (χ1) is 12.2. The summed E-state index contributed by atoms with van der Waals surface area (Å²) in [7, 11) is 1.33. The standard InChI is InChI=1S/C19H26N2O5/c1-19(2,3)26-18(24)21-12-7-10-16(22)20(21)13-11-14-8-5-6-9-15(14)17(23)25-4/h5-6,8-9H,7,10-13H2,1-4H3. The minimum absolute atomic E-state index is 0.127. The maximum atomic E-state index is 12.4. The van der Waals surface area contributed by atoms with Crippen LogP contribution in [0.3, 0.4) is 0 Å². The number of amides is 2. The molecule has 0 saturated carbocycles. The van der Waals surface area contributed by atoms with E-state index in [9.17, 15) is 14.4 Å². The van der Waals surface area contributed by atoms with Gasteiger partial charge in [-0.3, -0.25) is 4.79 Å². The van der Waals surface area contributed by atoms with Crippen molar-refractivity contribution in [3.63, 3.8) is 0 Å². The SMILES string of the molecule is COC(=O)c1ccccc1CCN1C(=O)CCCN1C(=O)OC(C)(C)C. The molecular weight excluding hydrogens is 336 g/mol. The van der Waals surface area contributed by atoms with Gasteiger partial charge in [-0.2, -0.15) is 0 Å². The number of ether oxygens (including phenoxy) is 2. The van der Waals surface area contributed by atoms with Gasteiger partial charge in [-0.05, 0) is 45.2 Å². The van der Waals surface area contributed by atoms with E-state index in [2.05, 4.69) is 0 Å². The number of hydrogen-bond acceptors (Lipinski definition) is 5. The van der Waals surface area contributed by atoms with Crippen LogP contribution in [0, 0.1) is 0 Å². The highest BCUT2D eigenvalue weighted by Gasteiger charge is 2.32. The lowest BCUT2D eigenvalue weighted by Gasteiger charge is -2.39. The van der Waals surface area contributed by atoms with Crippen molar-refractivity contribution >= 4 is 18.0 Å². The number of esters is 1. The van der Waals surface area contributed by atoms with Gasteiger partial charge in [0.25, 0.3) is 0 Å². The first-order valence-corrected chi connectivity index (χ1v) is 8.70. The van der Waals surface area contributed by atoms with E-state index in [1.54, 1.807) is 32.9 Å². The summed E-state index contributed by atoms with van der Waals surface area (Å²) in [6.07, 6.45) is 0.883. The molecule has 1 aromatic rings. The molecule has 0 radical (unpaired) electrons. The van der Waals surface area contributed by atoms with Crippen LogP contribution >= 0.6 is 0 Å². The van der Waals surface area contributed by atoms with E-state index >= 15 is 0 Å².